The van der Waals surface area contributed by atoms with E-state index in [9.17, 15) is 19.1 Å². The van der Waals surface area contributed by atoms with Crippen LogP contribution in [0.3, 0.4) is 0 Å². The molecule has 1 atom stereocenters. The molecular weight excluding hydrogens is 369 g/mol. The van der Waals surface area contributed by atoms with Gasteiger partial charge in [0.2, 0.25) is 0 Å². The molecule has 0 fully saturated rings. The zero-order valence-electron chi connectivity index (χ0n) is 14.7. The lowest BCUT2D eigenvalue weighted by atomic mass is 10.1. The number of halogens is 1. The second kappa shape index (κ2) is 6.77. The summed E-state index contributed by atoms with van der Waals surface area (Å²) < 4.78 is 14.6. The van der Waals surface area contributed by atoms with E-state index in [1.807, 2.05) is 11.8 Å². The van der Waals surface area contributed by atoms with Crippen molar-refractivity contribution in [3.8, 4) is 0 Å². The van der Waals surface area contributed by atoms with E-state index >= 15 is 0 Å². The van der Waals surface area contributed by atoms with Crippen molar-refractivity contribution in [2.75, 3.05) is 11.4 Å². The van der Waals surface area contributed by atoms with E-state index < -0.39 is 11.9 Å². The molecule has 2 heterocycles. The predicted molar refractivity (Wildman–Crippen MR) is 101 cm³/mol. The van der Waals surface area contributed by atoms with Crippen LogP contribution in [0.2, 0.25) is 0 Å². The van der Waals surface area contributed by atoms with Gasteiger partial charge in [0, 0.05) is 23.2 Å². The number of rotatable bonds is 5. The molecule has 0 radical (unpaired) electrons. The number of aromatic nitrogens is 2. The van der Waals surface area contributed by atoms with Gasteiger partial charge in [0.25, 0.3) is 5.56 Å². The molecule has 0 saturated carbocycles. The van der Waals surface area contributed by atoms with E-state index in [4.69, 9.17) is 0 Å². The maximum absolute atomic E-state index is 13.2. The van der Waals surface area contributed by atoms with Crippen molar-refractivity contribution in [1.82, 2.24) is 9.38 Å². The first-order valence-electron chi connectivity index (χ1n) is 8.75. The predicted octanol–water partition coefficient (Wildman–Crippen LogP) is 3.04. The normalized spacial score (nSPS) is 15.9. The first-order chi connectivity index (χ1) is 13.0. The number of aliphatic carboxylic acids is 1. The van der Waals surface area contributed by atoms with Crippen LogP contribution in [0.1, 0.15) is 35.5 Å². The van der Waals surface area contributed by atoms with Crippen LogP contribution in [0.25, 0.3) is 4.96 Å². The molecule has 1 N–H and O–H groups in total. The average molecular weight is 387 g/mol. The SMILES string of the molecule is CCN(Cc1cc(=O)n2c3c(sc2n1)CCC3C(=O)O)c1ccc(F)cc1. The zero-order valence-corrected chi connectivity index (χ0v) is 15.5. The van der Waals surface area contributed by atoms with Crippen LogP contribution in [0.15, 0.2) is 35.1 Å². The molecule has 0 bridgehead atoms. The fraction of sp³-hybridized carbons (Fsp3) is 0.316. The summed E-state index contributed by atoms with van der Waals surface area (Å²) in [4.78, 5) is 32.2. The van der Waals surface area contributed by atoms with Crippen LogP contribution in [0.5, 0.6) is 0 Å². The number of nitrogens with zero attached hydrogens (tertiary/aromatic N) is 3. The Kier molecular flexibility index (Phi) is 4.43. The smallest absolute Gasteiger partial charge is 0.312 e. The molecule has 4 rings (SSSR count). The van der Waals surface area contributed by atoms with Gasteiger partial charge < -0.3 is 10.0 Å². The molecule has 1 aliphatic rings. The Morgan fingerprint density at radius 3 is 2.81 bits per heavy atom. The Balaban J connectivity index is 1.71. The van der Waals surface area contributed by atoms with E-state index in [1.54, 1.807) is 12.1 Å². The van der Waals surface area contributed by atoms with Crippen LogP contribution in [0.4, 0.5) is 10.1 Å². The third-order valence-electron chi connectivity index (χ3n) is 4.90. The number of carboxylic acids is 1. The fourth-order valence-electron chi connectivity index (χ4n) is 3.58. The molecular formula is C19H18FN3O3S. The Bertz CT molecular complexity index is 1070. The summed E-state index contributed by atoms with van der Waals surface area (Å²) in [6, 6.07) is 7.66. The van der Waals surface area contributed by atoms with Crippen molar-refractivity contribution >= 4 is 28.0 Å². The van der Waals surface area contributed by atoms with E-state index in [0.717, 1.165) is 10.6 Å². The maximum atomic E-state index is 13.2. The molecule has 0 saturated heterocycles. The second-order valence-corrected chi connectivity index (χ2v) is 7.60. The first kappa shape index (κ1) is 17.7. The minimum Gasteiger partial charge on any atom is -0.481 e. The van der Waals surface area contributed by atoms with Gasteiger partial charge in [-0.25, -0.2) is 9.37 Å². The van der Waals surface area contributed by atoms with Crippen LogP contribution >= 0.6 is 11.3 Å². The summed E-state index contributed by atoms with van der Waals surface area (Å²) >= 11 is 1.39. The molecule has 0 spiro atoms. The van der Waals surface area contributed by atoms with Gasteiger partial charge in [-0.1, -0.05) is 0 Å². The van der Waals surface area contributed by atoms with Gasteiger partial charge in [-0.3, -0.25) is 14.0 Å². The fourth-order valence-corrected chi connectivity index (χ4v) is 4.80. The van der Waals surface area contributed by atoms with Gasteiger partial charge in [0.1, 0.15) is 5.82 Å². The van der Waals surface area contributed by atoms with Crippen molar-refractivity contribution < 1.29 is 14.3 Å². The van der Waals surface area contributed by atoms with Crippen LogP contribution in [-0.2, 0) is 17.8 Å². The minimum absolute atomic E-state index is 0.254. The molecule has 2 aromatic heterocycles. The quantitative estimate of drug-likeness (QED) is 0.728. The Labute approximate surface area is 158 Å². The number of thiazole rings is 1. The molecule has 8 heteroatoms. The van der Waals surface area contributed by atoms with E-state index in [2.05, 4.69) is 4.98 Å². The number of carbonyl (C=O) groups is 1. The van der Waals surface area contributed by atoms with Gasteiger partial charge >= 0.3 is 5.97 Å². The lowest BCUT2D eigenvalue weighted by Gasteiger charge is -2.22. The largest absolute Gasteiger partial charge is 0.481 e. The van der Waals surface area contributed by atoms with Crippen molar-refractivity contribution in [1.29, 1.82) is 0 Å². The van der Waals surface area contributed by atoms with E-state index in [1.165, 1.54) is 33.9 Å². The van der Waals surface area contributed by atoms with Gasteiger partial charge in [0.15, 0.2) is 4.96 Å². The van der Waals surface area contributed by atoms with Gasteiger partial charge in [-0.15, -0.1) is 11.3 Å². The number of hydrogen-bond donors (Lipinski definition) is 1. The van der Waals surface area contributed by atoms with E-state index in [-0.39, 0.29) is 11.4 Å². The van der Waals surface area contributed by atoms with Crippen molar-refractivity contribution in [3.05, 3.63) is 62.8 Å². The van der Waals surface area contributed by atoms with Gasteiger partial charge in [-0.05, 0) is 44.0 Å². The Hall–Kier alpha value is -2.74. The molecule has 1 unspecified atom stereocenters. The third kappa shape index (κ3) is 3.10. The number of hydrogen-bond acceptors (Lipinski definition) is 5. The minimum atomic E-state index is -0.905. The second-order valence-electron chi connectivity index (χ2n) is 6.53. The monoisotopic (exact) mass is 387 g/mol. The molecule has 1 aromatic carbocycles. The number of benzene rings is 1. The molecule has 6 nitrogen and oxygen atoms in total. The summed E-state index contributed by atoms with van der Waals surface area (Å²) in [5.74, 6) is -1.85. The summed E-state index contributed by atoms with van der Waals surface area (Å²) in [6.07, 6.45) is 1.18. The van der Waals surface area contributed by atoms with Gasteiger partial charge in [0.05, 0.1) is 23.9 Å². The third-order valence-corrected chi connectivity index (χ3v) is 6.01. The highest BCUT2D eigenvalue weighted by molar-refractivity contribution is 7.17. The standard InChI is InChI=1S/C19H18FN3O3S/c1-2-22(13-5-3-11(20)4-6-13)10-12-9-16(24)23-17-14(18(25)26)7-8-15(17)27-19(23)21-12/h3-6,9,14H,2,7-8,10H2,1H3,(H,25,26). The van der Waals surface area contributed by atoms with E-state index in [0.29, 0.717) is 42.3 Å². The number of carboxylic acid groups (broad SMARTS) is 1. The van der Waals surface area contributed by atoms with Crippen LogP contribution < -0.4 is 10.5 Å². The first-order valence-corrected chi connectivity index (χ1v) is 9.57. The van der Waals surface area contributed by atoms with Crippen LogP contribution in [-0.4, -0.2) is 27.0 Å². The van der Waals surface area contributed by atoms with Gasteiger partial charge in [-0.2, -0.15) is 0 Å². The van der Waals surface area contributed by atoms with Crippen molar-refractivity contribution in [2.24, 2.45) is 0 Å². The molecule has 3 aromatic rings. The highest BCUT2D eigenvalue weighted by Crippen LogP contribution is 2.37. The maximum Gasteiger partial charge on any atom is 0.312 e. The number of anilines is 1. The lowest BCUT2D eigenvalue weighted by molar-refractivity contribution is -0.138. The molecule has 0 amide bonds. The highest BCUT2D eigenvalue weighted by Gasteiger charge is 2.33. The molecule has 1 aliphatic carbocycles. The Morgan fingerprint density at radius 2 is 2.15 bits per heavy atom. The molecule has 0 aliphatic heterocycles. The number of fused-ring (bicyclic) bond motifs is 3. The molecule has 27 heavy (non-hydrogen) atoms. The van der Waals surface area contributed by atoms with Crippen molar-refractivity contribution in [3.63, 3.8) is 0 Å². The summed E-state index contributed by atoms with van der Waals surface area (Å²) in [6.45, 7) is 3.07. The lowest BCUT2D eigenvalue weighted by Crippen LogP contribution is -2.25. The summed E-state index contributed by atoms with van der Waals surface area (Å²) in [5.41, 5.74) is 1.78. The Morgan fingerprint density at radius 1 is 1.41 bits per heavy atom. The molecule has 140 valence electrons. The van der Waals surface area contributed by atoms with Crippen LogP contribution in [0, 0.1) is 5.82 Å². The average Bonchev–Trinajstić information content (AvgIpc) is 3.19. The van der Waals surface area contributed by atoms with Crippen molar-refractivity contribution in [2.45, 2.75) is 32.2 Å². The number of aryl methyl sites for hydroxylation is 1. The summed E-state index contributed by atoms with van der Waals surface area (Å²) in [5, 5.41) is 9.42. The zero-order chi connectivity index (χ0) is 19.1. The topological polar surface area (TPSA) is 74.9 Å². The highest BCUT2D eigenvalue weighted by atomic mass is 32.1. The summed E-state index contributed by atoms with van der Waals surface area (Å²) in [7, 11) is 0.